The van der Waals surface area contributed by atoms with Crippen LogP contribution in [0.15, 0.2) is 59.5 Å². The summed E-state index contributed by atoms with van der Waals surface area (Å²) < 4.78 is 32.7. The molecular formula is C23H18N2O5S. The van der Waals surface area contributed by atoms with Gasteiger partial charge in [0.1, 0.15) is 5.75 Å². The van der Waals surface area contributed by atoms with E-state index in [1.165, 1.54) is 24.3 Å². The van der Waals surface area contributed by atoms with E-state index in [1.54, 1.807) is 25.1 Å². The van der Waals surface area contributed by atoms with Gasteiger partial charge < -0.3 is 9.84 Å². The number of fused-ring (bicyclic) bond motifs is 2. The third-order valence-electron chi connectivity index (χ3n) is 4.97. The fraction of sp³-hybridized carbons (Fsp3) is 0.130. The summed E-state index contributed by atoms with van der Waals surface area (Å²) in [6, 6.07) is 17.1. The first-order valence-electron chi connectivity index (χ1n) is 9.51. The zero-order valence-corrected chi connectivity index (χ0v) is 17.4. The standard InChI is InChI=1S/C23H18N2O5S/c1-2-30-23(27)22-12-19-11-20(26)7-8-21(19)25(31(22,28)29)14-16-4-6-17-5-3-15(13-24)9-18(17)10-16/h3-12,26H,2,14H2,1H3. The van der Waals surface area contributed by atoms with E-state index < -0.39 is 20.9 Å². The molecule has 0 fully saturated rings. The topological polar surface area (TPSA) is 108 Å². The van der Waals surface area contributed by atoms with Gasteiger partial charge in [-0.15, -0.1) is 0 Å². The van der Waals surface area contributed by atoms with Crippen LogP contribution in [0.25, 0.3) is 16.8 Å². The molecule has 4 rings (SSSR count). The number of aromatic hydroxyl groups is 1. The average Bonchev–Trinajstić information content (AvgIpc) is 2.75. The van der Waals surface area contributed by atoms with Gasteiger partial charge in [-0.05, 0) is 65.7 Å². The molecule has 31 heavy (non-hydrogen) atoms. The molecule has 3 aromatic carbocycles. The molecule has 0 amide bonds. The smallest absolute Gasteiger partial charge is 0.351 e. The van der Waals surface area contributed by atoms with Crippen molar-refractivity contribution in [1.29, 1.82) is 5.26 Å². The second kappa shape index (κ2) is 7.78. The van der Waals surface area contributed by atoms with Gasteiger partial charge in [0.25, 0.3) is 10.0 Å². The van der Waals surface area contributed by atoms with E-state index in [-0.39, 0.29) is 18.9 Å². The summed E-state index contributed by atoms with van der Waals surface area (Å²) in [5.41, 5.74) is 1.92. The van der Waals surface area contributed by atoms with Gasteiger partial charge in [0.05, 0.1) is 30.5 Å². The lowest BCUT2D eigenvalue weighted by molar-refractivity contribution is -0.137. The number of carbonyl (C=O) groups is 1. The Morgan fingerprint density at radius 1 is 1.10 bits per heavy atom. The lowest BCUT2D eigenvalue weighted by atomic mass is 10.0. The van der Waals surface area contributed by atoms with Gasteiger partial charge in [0, 0.05) is 5.56 Å². The second-order valence-electron chi connectivity index (χ2n) is 6.99. The number of rotatable bonds is 4. The molecule has 3 aromatic rings. The van der Waals surface area contributed by atoms with Crippen LogP contribution >= 0.6 is 0 Å². The lowest BCUT2D eigenvalue weighted by Gasteiger charge is -2.30. The number of hydrogen-bond donors (Lipinski definition) is 1. The minimum Gasteiger partial charge on any atom is -0.508 e. The molecule has 0 saturated heterocycles. The molecule has 0 radical (unpaired) electrons. The van der Waals surface area contributed by atoms with Gasteiger partial charge in [0.15, 0.2) is 4.91 Å². The minimum absolute atomic E-state index is 0.0322. The molecule has 8 heteroatoms. The maximum Gasteiger partial charge on any atom is 0.351 e. The van der Waals surface area contributed by atoms with Crippen molar-refractivity contribution in [3.63, 3.8) is 0 Å². The SMILES string of the molecule is CCOC(=O)C1=Cc2cc(O)ccc2N(Cc2ccc3ccc(C#N)cc3c2)S1(=O)=O. The Balaban J connectivity index is 1.82. The second-order valence-corrected chi connectivity index (χ2v) is 8.82. The number of sulfonamides is 1. The van der Waals surface area contributed by atoms with Crippen molar-refractivity contribution < 1.29 is 23.1 Å². The molecule has 0 saturated carbocycles. The number of esters is 1. The predicted octanol–water partition coefficient (Wildman–Crippen LogP) is 3.67. The number of ether oxygens (including phenoxy) is 1. The number of hydrogen-bond acceptors (Lipinski definition) is 6. The van der Waals surface area contributed by atoms with Crippen molar-refractivity contribution in [2.45, 2.75) is 13.5 Å². The molecule has 0 atom stereocenters. The molecule has 0 bridgehead atoms. The minimum atomic E-state index is -4.19. The van der Waals surface area contributed by atoms with E-state index in [4.69, 9.17) is 10.00 Å². The van der Waals surface area contributed by atoms with E-state index >= 15 is 0 Å². The van der Waals surface area contributed by atoms with Crippen LogP contribution in [0.4, 0.5) is 5.69 Å². The maximum atomic E-state index is 13.3. The number of nitriles is 1. The molecule has 1 aliphatic heterocycles. The van der Waals surface area contributed by atoms with Gasteiger partial charge >= 0.3 is 5.97 Å². The van der Waals surface area contributed by atoms with Gasteiger partial charge in [-0.25, -0.2) is 13.2 Å². The van der Waals surface area contributed by atoms with Crippen LogP contribution in [0.5, 0.6) is 5.75 Å². The number of benzene rings is 3. The number of phenolic OH excluding ortho intramolecular Hbond substituents is 1. The Labute approximate surface area is 179 Å². The maximum absolute atomic E-state index is 13.3. The van der Waals surface area contributed by atoms with Crippen LogP contribution in [0.2, 0.25) is 0 Å². The van der Waals surface area contributed by atoms with Crippen LogP contribution in [-0.2, 0) is 26.1 Å². The van der Waals surface area contributed by atoms with Crippen LogP contribution in [0.3, 0.4) is 0 Å². The molecular weight excluding hydrogens is 416 g/mol. The fourth-order valence-corrected chi connectivity index (χ4v) is 5.04. The van der Waals surface area contributed by atoms with Crippen molar-refractivity contribution in [1.82, 2.24) is 0 Å². The van der Waals surface area contributed by atoms with E-state index in [1.807, 2.05) is 18.2 Å². The zero-order chi connectivity index (χ0) is 22.2. The van der Waals surface area contributed by atoms with Crippen molar-refractivity contribution in [2.75, 3.05) is 10.9 Å². The quantitative estimate of drug-likeness (QED) is 0.628. The van der Waals surface area contributed by atoms with Crippen LogP contribution in [0, 0.1) is 11.3 Å². The molecule has 1 N–H and O–H groups in total. The first-order valence-corrected chi connectivity index (χ1v) is 10.9. The zero-order valence-electron chi connectivity index (χ0n) is 16.6. The van der Waals surface area contributed by atoms with E-state index in [0.717, 1.165) is 15.1 Å². The number of carbonyl (C=O) groups excluding carboxylic acids is 1. The summed E-state index contributed by atoms with van der Waals surface area (Å²) in [4.78, 5) is 11.9. The third kappa shape index (κ3) is 3.71. The molecule has 0 spiro atoms. The molecule has 7 nitrogen and oxygen atoms in total. The summed E-state index contributed by atoms with van der Waals surface area (Å²) >= 11 is 0. The molecule has 0 unspecified atom stereocenters. The summed E-state index contributed by atoms with van der Waals surface area (Å²) in [5.74, 6) is -0.995. The monoisotopic (exact) mass is 434 g/mol. The summed E-state index contributed by atoms with van der Waals surface area (Å²) in [6.45, 7) is 1.59. The number of anilines is 1. The largest absolute Gasteiger partial charge is 0.508 e. The highest BCUT2D eigenvalue weighted by Crippen LogP contribution is 2.37. The summed E-state index contributed by atoms with van der Waals surface area (Å²) in [5, 5.41) is 20.7. The van der Waals surface area contributed by atoms with E-state index in [2.05, 4.69) is 6.07 Å². The van der Waals surface area contributed by atoms with Gasteiger partial charge in [-0.3, -0.25) is 4.31 Å². The summed E-state index contributed by atoms with van der Waals surface area (Å²) in [6.07, 6.45) is 1.22. The Bertz CT molecular complexity index is 1390. The van der Waals surface area contributed by atoms with Gasteiger partial charge in [-0.2, -0.15) is 5.26 Å². The van der Waals surface area contributed by atoms with Crippen LogP contribution < -0.4 is 4.31 Å². The Hall–Kier alpha value is -3.83. The highest BCUT2D eigenvalue weighted by molar-refractivity contribution is 7.97. The number of phenols is 1. The van der Waals surface area contributed by atoms with Crippen molar-refractivity contribution in [3.8, 4) is 11.8 Å². The van der Waals surface area contributed by atoms with Crippen LogP contribution in [0.1, 0.15) is 23.6 Å². The highest BCUT2D eigenvalue weighted by atomic mass is 32.2. The molecule has 156 valence electrons. The molecule has 0 aromatic heterocycles. The van der Waals surface area contributed by atoms with Crippen molar-refractivity contribution in [3.05, 3.63) is 76.2 Å². The fourth-order valence-electron chi connectivity index (χ4n) is 3.52. The molecule has 1 heterocycles. The van der Waals surface area contributed by atoms with Crippen molar-refractivity contribution >= 4 is 38.5 Å². The van der Waals surface area contributed by atoms with Crippen LogP contribution in [-0.4, -0.2) is 26.1 Å². The average molecular weight is 434 g/mol. The Morgan fingerprint density at radius 3 is 2.61 bits per heavy atom. The predicted molar refractivity (Wildman–Crippen MR) is 116 cm³/mol. The van der Waals surface area contributed by atoms with Gasteiger partial charge in [0.2, 0.25) is 0 Å². The lowest BCUT2D eigenvalue weighted by Crippen LogP contribution is -2.36. The summed E-state index contributed by atoms with van der Waals surface area (Å²) in [7, 11) is -4.19. The van der Waals surface area contributed by atoms with Gasteiger partial charge in [-0.1, -0.05) is 18.2 Å². The van der Waals surface area contributed by atoms with E-state index in [0.29, 0.717) is 22.4 Å². The van der Waals surface area contributed by atoms with Crippen molar-refractivity contribution in [2.24, 2.45) is 0 Å². The Morgan fingerprint density at radius 2 is 1.87 bits per heavy atom. The molecule has 1 aliphatic rings. The Kier molecular flexibility index (Phi) is 5.13. The first-order chi connectivity index (χ1) is 14.8. The van der Waals surface area contributed by atoms with E-state index in [9.17, 15) is 18.3 Å². The normalized spacial score (nSPS) is 14.5. The highest BCUT2D eigenvalue weighted by Gasteiger charge is 2.37. The third-order valence-corrected chi connectivity index (χ3v) is 6.72. The molecule has 0 aliphatic carbocycles. The number of nitrogens with zero attached hydrogens (tertiary/aromatic N) is 2. The first kappa shape index (κ1) is 20.4.